The van der Waals surface area contributed by atoms with Crippen LogP contribution >= 0.6 is 0 Å². The van der Waals surface area contributed by atoms with Crippen LogP contribution in [0.2, 0.25) is 0 Å². The third-order valence-electron chi connectivity index (χ3n) is 4.99. The zero-order valence-electron chi connectivity index (χ0n) is 17.7. The summed E-state index contributed by atoms with van der Waals surface area (Å²) in [4.78, 5) is 26.0. The Morgan fingerprint density at radius 3 is 2.68 bits per heavy atom. The van der Waals surface area contributed by atoms with E-state index in [-0.39, 0.29) is 12.3 Å². The van der Waals surface area contributed by atoms with E-state index in [9.17, 15) is 4.79 Å². The van der Waals surface area contributed by atoms with Crippen molar-refractivity contribution in [3.8, 4) is 22.9 Å². The van der Waals surface area contributed by atoms with Crippen LogP contribution in [0, 0.1) is 13.8 Å². The normalized spacial score (nSPS) is 10.8. The number of nitrogens with zero attached hydrogens (tertiary/aromatic N) is 5. The smallest absolute Gasteiger partial charge is 0.253 e. The van der Waals surface area contributed by atoms with Crippen molar-refractivity contribution in [1.82, 2.24) is 24.6 Å². The van der Waals surface area contributed by atoms with E-state index in [1.165, 1.54) is 0 Å². The number of hydrogen-bond donors (Lipinski definition) is 1. The number of benzene rings is 1. The Morgan fingerprint density at radius 1 is 1.13 bits per heavy atom. The highest BCUT2D eigenvalue weighted by molar-refractivity contribution is 5.94. The van der Waals surface area contributed by atoms with Crippen LogP contribution in [-0.4, -0.2) is 44.7 Å². The van der Waals surface area contributed by atoms with Gasteiger partial charge in [0.2, 0.25) is 5.91 Å². The predicted octanol–water partition coefficient (Wildman–Crippen LogP) is 3.00. The summed E-state index contributed by atoms with van der Waals surface area (Å²) in [5.74, 6) is 1.99. The molecular formula is C22H22N6O3. The van der Waals surface area contributed by atoms with Crippen molar-refractivity contribution in [2.45, 2.75) is 20.3 Å². The van der Waals surface area contributed by atoms with Gasteiger partial charge in [-0.05, 0) is 38.1 Å². The minimum absolute atomic E-state index is 0.137. The first-order chi connectivity index (χ1) is 15.0. The number of amides is 1. The summed E-state index contributed by atoms with van der Waals surface area (Å²) in [5, 5.41) is 7.45. The van der Waals surface area contributed by atoms with Gasteiger partial charge in [0.05, 0.1) is 26.3 Å². The summed E-state index contributed by atoms with van der Waals surface area (Å²) in [5.41, 5.74) is 3.70. The SMILES string of the molecule is COc1ccc(NC(=O)Cc2c(C)nc3nc(-c4cccnc4)nn3c2C)c(OC)c1. The molecule has 0 spiro atoms. The molecule has 3 heterocycles. The Bertz CT molecular complexity index is 1250. The van der Waals surface area contributed by atoms with Gasteiger partial charge in [0.15, 0.2) is 5.82 Å². The maximum atomic E-state index is 12.8. The lowest BCUT2D eigenvalue weighted by Gasteiger charge is -2.13. The van der Waals surface area contributed by atoms with Gasteiger partial charge in [-0.3, -0.25) is 9.78 Å². The standard InChI is InChI=1S/C22H22N6O3/c1-13-17(11-20(29)25-18-8-7-16(30-3)10-19(18)31-4)14(2)28-22(24-13)26-21(27-28)15-6-5-9-23-12-15/h5-10,12H,11H2,1-4H3,(H,25,29). The van der Waals surface area contributed by atoms with Crippen LogP contribution in [0.1, 0.15) is 17.0 Å². The molecule has 0 saturated heterocycles. The molecule has 4 rings (SSSR count). The molecule has 31 heavy (non-hydrogen) atoms. The average Bonchev–Trinajstić information content (AvgIpc) is 3.21. The number of pyridine rings is 1. The van der Waals surface area contributed by atoms with E-state index >= 15 is 0 Å². The van der Waals surface area contributed by atoms with Gasteiger partial charge in [0, 0.05) is 41.0 Å². The van der Waals surface area contributed by atoms with Gasteiger partial charge in [-0.15, -0.1) is 5.10 Å². The van der Waals surface area contributed by atoms with Gasteiger partial charge in [-0.2, -0.15) is 4.98 Å². The van der Waals surface area contributed by atoms with Crippen LogP contribution in [0.5, 0.6) is 11.5 Å². The minimum Gasteiger partial charge on any atom is -0.497 e. The number of fused-ring (bicyclic) bond motifs is 1. The van der Waals surface area contributed by atoms with Crippen molar-refractivity contribution in [3.63, 3.8) is 0 Å². The molecule has 1 N–H and O–H groups in total. The van der Waals surface area contributed by atoms with Crippen LogP contribution in [0.15, 0.2) is 42.7 Å². The number of aryl methyl sites for hydroxylation is 2. The van der Waals surface area contributed by atoms with Gasteiger partial charge in [-0.25, -0.2) is 9.50 Å². The molecule has 1 amide bonds. The van der Waals surface area contributed by atoms with Crippen LogP contribution in [0.4, 0.5) is 5.69 Å². The lowest BCUT2D eigenvalue weighted by Crippen LogP contribution is -2.18. The molecule has 0 aliphatic rings. The highest BCUT2D eigenvalue weighted by atomic mass is 16.5. The molecular weight excluding hydrogens is 396 g/mol. The molecule has 4 aromatic rings. The van der Waals surface area contributed by atoms with E-state index in [1.54, 1.807) is 49.3 Å². The van der Waals surface area contributed by atoms with Gasteiger partial charge >= 0.3 is 0 Å². The maximum Gasteiger partial charge on any atom is 0.253 e. The number of carbonyl (C=O) groups excluding carboxylic acids is 1. The number of nitrogens with one attached hydrogen (secondary N) is 1. The molecule has 0 aliphatic heterocycles. The number of methoxy groups -OCH3 is 2. The Hall–Kier alpha value is -4.01. The zero-order valence-corrected chi connectivity index (χ0v) is 17.7. The van der Waals surface area contributed by atoms with Crippen LogP contribution in [0.25, 0.3) is 17.2 Å². The quantitative estimate of drug-likeness (QED) is 0.513. The number of aromatic nitrogens is 5. The monoisotopic (exact) mass is 418 g/mol. The van der Waals surface area contributed by atoms with Crippen LogP contribution in [-0.2, 0) is 11.2 Å². The predicted molar refractivity (Wildman–Crippen MR) is 115 cm³/mol. The molecule has 0 unspecified atom stereocenters. The van der Waals surface area contributed by atoms with E-state index < -0.39 is 0 Å². The number of rotatable bonds is 6. The maximum absolute atomic E-state index is 12.8. The number of anilines is 1. The fraction of sp³-hybridized carbons (Fsp3) is 0.227. The van der Waals surface area contributed by atoms with Gasteiger partial charge in [0.25, 0.3) is 5.78 Å². The summed E-state index contributed by atoms with van der Waals surface area (Å²) in [6.45, 7) is 3.77. The Morgan fingerprint density at radius 2 is 1.97 bits per heavy atom. The highest BCUT2D eigenvalue weighted by Gasteiger charge is 2.18. The summed E-state index contributed by atoms with van der Waals surface area (Å²) in [7, 11) is 3.12. The second-order valence-electron chi connectivity index (χ2n) is 6.94. The summed E-state index contributed by atoms with van der Waals surface area (Å²) >= 11 is 0. The first kappa shape index (κ1) is 20.3. The van der Waals surface area contributed by atoms with E-state index in [4.69, 9.17) is 9.47 Å². The third kappa shape index (κ3) is 4.02. The summed E-state index contributed by atoms with van der Waals surface area (Å²) < 4.78 is 12.2. The molecule has 9 heteroatoms. The van der Waals surface area contributed by atoms with E-state index in [2.05, 4.69) is 25.4 Å². The molecule has 0 aliphatic carbocycles. The van der Waals surface area contributed by atoms with Crippen molar-refractivity contribution >= 4 is 17.4 Å². The first-order valence-corrected chi connectivity index (χ1v) is 9.65. The fourth-order valence-electron chi connectivity index (χ4n) is 3.34. The molecule has 9 nitrogen and oxygen atoms in total. The van der Waals surface area contributed by atoms with Crippen molar-refractivity contribution in [3.05, 3.63) is 59.7 Å². The highest BCUT2D eigenvalue weighted by Crippen LogP contribution is 2.29. The second kappa shape index (κ2) is 8.39. The van der Waals surface area contributed by atoms with E-state index in [0.29, 0.717) is 28.8 Å². The molecule has 0 fully saturated rings. The Balaban J connectivity index is 1.62. The molecule has 0 saturated carbocycles. The third-order valence-corrected chi connectivity index (χ3v) is 4.99. The van der Waals surface area contributed by atoms with Crippen molar-refractivity contribution in [2.24, 2.45) is 0 Å². The Labute approximate surface area is 179 Å². The van der Waals surface area contributed by atoms with E-state index in [1.807, 2.05) is 26.0 Å². The summed E-state index contributed by atoms with van der Waals surface area (Å²) in [6, 6.07) is 8.94. The molecule has 0 bridgehead atoms. The number of hydrogen-bond acceptors (Lipinski definition) is 7. The molecule has 1 aromatic carbocycles. The molecule has 0 radical (unpaired) electrons. The van der Waals surface area contributed by atoms with Crippen LogP contribution in [0.3, 0.4) is 0 Å². The summed E-state index contributed by atoms with van der Waals surface area (Å²) in [6.07, 6.45) is 3.53. The number of ether oxygens (including phenoxy) is 2. The first-order valence-electron chi connectivity index (χ1n) is 9.65. The van der Waals surface area contributed by atoms with E-state index in [0.717, 1.165) is 22.5 Å². The lowest BCUT2D eigenvalue weighted by atomic mass is 10.1. The number of carbonyl (C=O) groups is 1. The zero-order chi connectivity index (χ0) is 22.0. The molecule has 158 valence electrons. The Kier molecular flexibility index (Phi) is 5.48. The van der Waals surface area contributed by atoms with Crippen molar-refractivity contribution < 1.29 is 14.3 Å². The molecule has 3 aromatic heterocycles. The minimum atomic E-state index is -0.191. The molecule has 0 atom stereocenters. The van der Waals surface area contributed by atoms with Gasteiger partial charge < -0.3 is 14.8 Å². The second-order valence-corrected chi connectivity index (χ2v) is 6.94. The lowest BCUT2D eigenvalue weighted by molar-refractivity contribution is -0.115. The fourth-order valence-corrected chi connectivity index (χ4v) is 3.34. The van der Waals surface area contributed by atoms with Crippen molar-refractivity contribution in [1.29, 1.82) is 0 Å². The van der Waals surface area contributed by atoms with Crippen LogP contribution < -0.4 is 14.8 Å². The van der Waals surface area contributed by atoms with Gasteiger partial charge in [0.1, 0.15) is 11.5 Å². The average molecular weight is 418 g/mol. The largest absolute Gasteiger partial charge is 0.497 e. The van der Waals surface area contributed by atoms with Crippen molar-refractivity contribution in [2.75, 3.05) is 19.5 Å². The topological polar surface area (TPSA) is 104 Å². The van der Waals surface area contributed by atoms with Gasteiger partial charge in [-0.1, -0.05) is 0 Å².